The average Bonchev–Trinajstić information content (AvgIpc) is 2.15. The third kappa shape index (κ3) is 1.50. The Balaban J connectivity index is 2.13. The van der Waals surface area contributed by atoms with Gasteiger partial charge in [-0.1, -0.05) is 13.3 Å². The molecule has 0 aromatic carbocycles. The first-order valence-electron chi connectivity index (χ1n) is 5.55. The zero-order valence-electron chi connectivity index (χ0n) is 8.88. The summed E-state index contributed by atoms with van der Waals surface area (Å²) >= 11 is 0. The molecule has 2 rings (SSSR count). The van der Waals surface area contributed by atoms with E-state index in [9.17, 15) is 0 Å². The van der Waals surface area contributed by atoms with Crippen molar-refractivity contribution in [2.75, 3.05) is 26.8 Å². The fraction of sp³-hybridized carbons (Fsp3) is 1.00. The topological polar surface area (TPSA) is 12.5 Å². The number of hydrogen-bond donors (Lipinski definition) is 0. The molecule has 2 nitrogen and oxygen atoms in total. The number of likely N-dealkylation sites (N-methyl/N-ethyl adjacent to an activating group) is 1. The first-order valence-corrected chi connectivity index (χ1v) is 5.55. The highest BCUT2D eigenvalue weighted by atomic mass is 16.5. The Labute approximate surface area is 81.3 Å². The largest absolute Gasteiger partial charge is 0.380 e. The molecular weight excluding hydrogens is 162 g/mol. The van der Waals surface area contributed by atoms with Crippen LogP contribution in [-0.2, 0) is 4.74 Å². The lowest BCUT2D eigenvalue weighted by Crippen LogP contribution is -2.59. The minimum atomic E-state index is 0.385. The summed E-state index contributed by atoms with van der Waals surface area (Å²) in [5.41, 5.74) is 0.385. The van der Waals surface area contributed by atoms with Crippen molar-refractivity contribution in [1.82, 2.24) is 4.90 Å². The van der Waals surface area contributed by atoms with Crippen LogP contribution in [0.3, 0.4) is 0 Å². The Hall–Kier alpha value is -0.0800. The van der Waals surface area contributed by atoms with Crippen LogP contribution in [-0.4, -0.2) is 37.2 Å². The van der Waals surface area contributed by atoms with Crippen LogP contribution in [0.2, 0.25) is 0 Å². The molecule has 0 aliphatic carbocycles. The van der Waals surface area contributed by atoms with Crippen molar-refractivity contribution in [3.8, 4) is 0 Å². The first-order chi connectivity index (χ1) is 6.26. The van der Waals surface area contributed by atoms with E-state index < -0.39 is 0 Å². The standard InChI is InChI=1S/C11H21NO/c1-10-5-8-13-9-11(10)6-3-4-7-12(11)2/h10H,3-9H2,1-2H3. The molecule has 2 atom stereocenters. The minimum absolute atomic E-state index is 0.385. The molecule has 13 heavy (non-hydrogen) atoms. The molecule has 0 amide bonds. The summed E-state index contributed by atoms with van der Waals surface area (Å²) in [6.45, 7) is 5.58. The first kappa shape index (κ1) is 9.47. The third-order valence-corrected chi connectivity index (χ3v) is 4.08. The van der Waals surface area contributed by atoms with Gasteiger partial charge in [-0.2, -0.15) is 0 Å². The maximum absolute atomic E-state index is 5.66. The van der Waals surface area contributed by atoms with Gasteiger partial charge in [0.2, 0.25) is 0 Å². The van der Waals surface area contributed by atoms with Crippen molar-refractivity contribution in [3.05, 3.63) is 0 Å². The van der Waals surface area contributed by atoms with Crippen molar-refractivity contribution < 1.29 is 4.74 Å². The van der Waals surface area contributed by atoms with Gasteiger partial charge in [0, 0.05) is 12.1 Å². The Bertz CT molecular complexity index is 161. The van der Waals surface area contributed by atoms with Gasteiger partial charge in [-0.05, 0) is 38.8 Å². The van der Waals surface area contributed by atoms with E-state index in [1.807, 2.05) is 0 Å². The summed E-state index contributed by atoms with van der Waals surface area (Å²) in [7, 11) is 2.27. The third-order valence-electron chi connectivity index (χ3n) is 4.08. The van der Waals surface area contributed by atoms with E-state index in [0.29, 0.717) is 5.54 Å². The number of likely N-dealkylation sites (tertiary alicyclic amines) is 1. The van der Waals surface area contributed by atoms with E-state index in [1.165, 1.54) is 32.2 Å². The highest BCUT2D eigenvalue weighted by molar-refractivity contribution is 4.97. The normalized spacial score (nSPS) is 42.5. The van der Waals surface area contributed by atoms with E-state index in [4.69, 9.17) is 4.74 Å². The summed E-state index contributed by atoms with van der Waals surface area (Å²) < 4.78 is 5.66. The monoisotopic (exact) mass is 183 g/mol. The molecular formula is C11H21NO. The van der Waals surface area contributed by atoms with Gasteiger partial charge in [0.05, 0.1) is 6.61 Å². The Morgan fingerprint density at radius 1 is 1.38 bits per heavy atom. The molecule has 0 radical (unpaired) electrons. The molecule has 0 bridgehead atoms. The van der Waals surface area contributed by atoms with Gasteiger partial charge in [0.15, 0.2) is 0 Å². The molecule has 0 aromatic rings. The molecule has 2 aliphatic heterocycles. The lowest BCUT2D eigenvalue weighted by Gasteiger charge is -2.51. The van der Waals surface area contributed by atoms with Crippen molar-refractivity contribution >= 4 is 0 Å². The molecule has 0 saturated carbocycles. The van der Waals surface area contributed by atoms with E-state index in [-0.39, 0.29) is 0 Å². The lowest BCUT2D eigenvalue weighted by molar-refractivity contribution is -0.0905. The number of ether oxygens (including phenoxy) is 1. The van der Waals surface area contributed by atoms with Gasteiger partial charge in [-0.15, -0.1) is 0 Å². The molecule has 0 N–H and O–H groups in total. The molecule has 76 valence electrons. The van der Waals surface area contributed by atoms with Crippen LogP contribution in [0.4, 0.5) is 0 Å². The van der Waals surface area contributed by atoms with Gasteiger partial charge < -0.3 is 4.74 Å². The van der Waals surface area contributed by atoms with Crippen molar-refractivity contribution in [2.24, 2.45) is 5.92 Å². The number of rotatable bonds is 0. The zero-order chi connectivity index (χ0) is 9.31. The van der Waals surface area contributed by atoms with Gasteiger partial charge >= 0.3 is 0 Å². The molecule has 2 heterocycles. The van der Waals surface area contributed by atoms with Crippen LogP contribution in [0, 0.1) is 5.92 Å². The fourth-order valence-electron chi connectivity index (χ4n) is 2.92. The summed E-state index contributed by atoms with van der Waals surface area (Å²) in [5.74, 6) is 0.812. The van der Waals surface area contributed by atoms with Gasteiger partial charge in [0.25, 0.3) is 0 Å². The van der Waals surface area contributed by atoms with Crippen LogP contribution in [0.5, 0.6) is 0 Å². The zero-order valence-corrected chi connectivity index (χ0v) is 8.88. The van der Waals surface area contributed by atoms with E-state index >= 15 is 0 Å². The SMILES string of the molecule is CC1CCOCC12CCCCN2C. The highest BCUT2D eigenvalue weighted by Crippen LogP contribution is 2.38. The molecule has 2 unspecified atom stereocenters. The smallest absolute Gasteiger partial charge is 0.0652 e. The van der Waals surface area contributed by atoms with Crippen LogP contribution < -0.4 is 0 Å². The highest BCUT2D eigenvalue weighted by Gasteiger charge is 2.43. The van der Waals surface area contributed by atoms with Gasteiger partial charge in [-0.3, -0.25) is 4.90 Å². The van der Waals surface area contributed by atoms with Crippen LogP contribution in [0.15, 0.2) is 0 Å². The molecule has 1 spiro atoms. The van der Waals surface area contributed by atoms with Crippen molar-refractivity contribution in [3.63, 3.8) is 0 Å². The van der Waals surface area contributed by atoms with E-state index in [2.05, 4.69) is 18.9 Å². The van der Waals surface area contributed by atoms with E-state index in [0.717, 1.165) is 19.1 Å². The van der Waals surface area contributed by atoms with Crippen LogP contribution >= 0.6 is 0 Å². The van der Waals surface area contributed by atoms with Crippen molar-refractivity contribution in [2.45, 2.75) is 38.1 Å². The Morgan fingerprint density at radius 3 is 2.92 bits per heavy atom. The van der Waals surface area contributed by atoms with E-state index in [1.54, 1.807) is 0 Å². The molecule has 0 aromatic heterocycles. The Morgan fingerprint density at radius 2 is 2.23 bits per heavy atom. The fourth-order valence-corrected chi connectivity index (χ4v) is 2.92. The van der Waals surface area contributed by atoms with Gasteiger partial charge in [0.1, 0.15) is 0 Å². The second-order valence-corrected chi connectivity index (χ2v) is 4.72. The maximum Gasteiger partial charge on any atom is 0.0652 e. The number of piperidine rings is 1. The number of hydrogen-bond acceptors (Lipinski definition) is 2. The number of nitrogens with zero attached hydrogens (tertiary/aromatic N) is 1. The Kier molecular flexibility index (Phi) is 2.61. The summed E-state index contributed by atoms with van der Waals surface area (Å²) in [5, 5.41) is 0. The maximum atomic E-state index is 5.66. The second-order valence-electron chi connectivity index (χ2n) is 4.72. The predicted octanol–water partition coefficient (Wildman–Crippen LogP) is 1.90. The molecule has 2 saturated heterocycles. The summed E-state index contributed by atoms with van der Waals surface area (Å²) in [4.78, 5) is 2.54. The molecule has 2 fully saturated rings. The predicted molar refractivity (Wildman–Crippen MR) is 53.8 cm³/mol. The van der Waals surface area contributed by atoms with Crippen molar-refractivity contribution in [1.29, 1.82) is 0 Å². The second kappa shape index (κ2) is 3.58. The lowest BCUT2D eigenvalue weighted by atomic mass is 9.75. The molecule has 2 heteroatoms. The summed E-state index contributed by atoms with van der Waals surface area (Å²) in [6, 6.07) is 0. The summed E-state index contributed by atoms with van der Waals surface area (Å²) in [6.07, 6.45) is 5.33. The minimum Gasteiger partial charge on any atom is -0.380 e. The molecule has 2 aliphatic rings. The van der Waals surface area contributed by atoms with Crippen LogP contribution in [0.1, 0.15) is 32.6 Å². The van der Waals surface area contributed by atoms with Crippen LogP contribution in [0.25, 0.3) is 0 Å². The van der Waals surface area contributed by atoms with Gasteiger partial charge in [-0.25, -0.2) is 0 Å². The average molecular weight is 183 g/mol. The quantitative estimate of drug-likeness (QED) is 0.568.